The van der Waals surface area contributed by atoms with E-state index in [0.29, 0.717) is 0 Å². The normalized spacial score (nSPS) is 40.4. The highest BCUT2D eigenvalue weighted by molar-refractivity contribution is 4.94. The van der Waals surface area contributed by atoms with Crippen molar-refractivity contribution in [1.29, 1.82) is 0 Å². The number of hydrogen-bond acceptors (Lipinski definition) is 2. The maximum Gasteiger partial charge on any atom is 0.0110 e. The quantitative estimate of drug-likeness (QED) is 0.793. The van der Waals surface area contributed by atoms with Gasteiger partial charge in [0.15, 0.2) is 0 Å². The minimum atomic E-state index is 0.824. The molecule has 3 fully saturated rings. The molecule has 3 rings (SSSR count). The van der Waals surface area contributed by atoms with Crippen LogP contribution < -0.4 is 5.32 Å². The third-order valence-corrected chi connectivity index (χ3v) is 5.42. The Morgan fingerprint density at radius 3 is 2.06 bits per heavy atom. The highest BCUT2D eigenvalue weighted by atomic mass is 15.2. The zero-order valence-corrected chi connectivity index (χ0v) is 11.3. The summed E-state index contributed by atoms with van der Waals surface area (Å²) >= 11 is 0. The Balaban J connectivity index is 1.54. The fourth-order valence-corrected chi connectivity index (χ4v) is 4.35. The Bertz CT molecular complexity index is 233. The molecular formula is C15H28N2. The standard InChI is InChI=1S/C15H28N2/c1-17-14-8-5-9-15(17)11-13(10-14)16-12-6-3-2-4-7-12/h12-16H,2-11H2,1H3. The molecule has 0 aromatic carbocycles. The summed E-state index contributed by atoms with van der Waals surface area (Å²) in [4.78, 5) is 2.67. The molecular weight excluding hydrogens is 208 g/mol. The molecule has 3 aliphatic rings. The Hall–Kier alpha value is -0.0800. The fraction of sp³-hybridized carbons (Fsp3) is 1.00. The van der Waals surface area contributed by atoms with Gasteiger partial charge in [-0.3, -0.25) is 0 Å². The van der Waals surface area contributed by atoms with E-state index in [2.05, 4.69) is 17.3 Å². The number of nitrogens with zero attached hydrogens (tertiary/aromatic N) is 1. The van der Waals surface area contributed by atoms with Gasteiger partial charge in [-0.1, -0.05) is 25.7 Å². The summed E-state index contributed by atoms with van der Waals surface area (Å²) in [7, 11) is 2.35. The van der Waals surface area contributed by atoms with Crippen molar-refractivity contribution in [1.82, 2.24) is 10.2 Å². The van der Waals surface area contributed by atoms with Gasteiger partial charge >= 0.3 is 0 Å². The van der Waals surface area contributed by atoms with Crippen molar-refractivity contribution in [2.75, 3.05) is 7.05 Å². The number of fused-ring (bicyclic) bond motifs is 2. The summed E-state index contributed by atoms with van der Waals surface area (Å²) in [6.45, 7) is 0. The van der Waals surface area contributed by atoms with Crippen LogP contribution in [-0.4, -0.2) is 36.1 Å². The van der Waals surface area contributed by atoms with E-state index in [4.69, 9.17) is 0 Å². The number of hydrogen-bond donors (Lipinski definition) is 1. The molecule has 98 valence electrons. The topological polar surface area (TPSA) is 15.3 Å². The molecule has 0 aromatic heterocycles. The van der Waals surface area contributed by atoms with Crippen molar-refractivity contribution in [2.24, 2.45) is 0 Å². The maximum atomic E-state index is 3.98. The van der Waals surface area contributed by atoms with Gasteiger partial charge < -0.3 is 10.2 Å². The highest BCUT2D eigenvalue weighted by Gasteiger charge is 2.36. The second-order valence-electron chi connectivity index (χ2n) is 6.57. The minimum Gasteiger partial charge on any atom is -0.311 e. The second kappa shape index (κ2) is 5.27. The average molecular weight is 236 g/mol. The first-order valence-electron chi connectivity index (χ1n) is 7.81. The molecule has 2 aliphatic heterocycles. The van der Waals surface area contributed by atoms with E-state index < -0.39 is 0 Å². The zero-order valence-electron chi connectivity index (χ0n) is 11.3. The Kier molecular flexibility index (Phi) is 3.72. The Labute approximate surface area is 106 Å². The molecule has 2 heterocycles. The van der Waals surface area contributed by atoms with E-state index in [1.54, 1.807) is 0 Å². The summed E-state index contributed by atoms with van der Waals surface area (Å²) < 4.78 is 0. The zero-order chi connectivity index (χ0) is 11.7. The van der Waals surface area contributed by atoms with Crippen LogP contribution in [-0.2, 0) is 0 Å². The van der Waals surface area contributed by atoms with Crippen molar-refractivity contribution in [3.63, 3.8) is 0 Å². The molecule has 1 saturated carbocycles. The lowest BCUT2D eigenvalue weighted by atomic mass is 9.81. The number of rotatable bonds is 2. The van der Waals surface area contributed by atoms with Gasteiger partial charge in [-0.25, -0.2) is 0 Å². The van der Waals surface area contributed by atoms with E-state index in [1.165, 1.54) is 64.2 Å². The Morgan fingerprint density at radius 1 is 0.765 bits per heavy atom. The fourth-order valence-electron chi connectivity index (χ4n) is 4.35. The van der Waals surface area contributed by atoms with Gasteiger partial charge in [-0.05, 0) is 45.6 Å². The molecule has 0 amide bonds. The van der Waals surface area contributed by atoms with E-state index in [-0.39, 0.29) is 0 Å². The molecule has 0 spiro atoms. The van der Waals surface area contributed by atoms with Crippen molar-refractivity contribution < 1.29 is 0 Å². The lowest BCUT2D eigenvalue weighted by Crippen LogP contribution is -2.56. The summed E-state index contributed by atoms with van der Waals surface area (Å²) in [5.74, 6) is 0. The molecule has 1 aliphatic carbocycles. The molecule has 2 atom stereocenters. The van der Waals surface area contributed by atoms with Gasteiger partial charge in [0.1, 0.15) is 0 Å². The molecule has 2 heteroatoms. The van der Waals surface area contributed by atoms with Crippen LogP contribution in [0.4, 0.5) is 0 Å². The highest BCUT2D eigenvalue weighted by Crippen LogP contribution is 2.33. The van der Waals surface area contributed by atoms with Gasteiger partial charge in [-0.2, -0.15) is 0 Å². The third-order valence-electron chi connectivity index (χ3n) is 5.42. The summed E-state index contributed by atoms with van der Waals surface area (Å²) in [6.07, 6.45) is 14.4. The van der Waals surface area contributed by atoms with Crippen LogP contribution in [0.3, 0.4) is 0 Å². The molecule has 2 saturated heterocycles. The summed E-state index contributed by atoms with van der Waals surface area (Å²) in [6, 6.07) is 3.43. The van der Waals surface area contributed by atoms with Crippen LogP contribution in [0.2, 0.25) is 0 Å². The Morgan fingerprint density at radius 2 is 1.41 bits per heavy atom. The van der Waals surface area contributed by atoms with Crippen LogP contribution in [0.15, 0.2) is 0 Å². The van der Waals surface area contributed by atoms with Gasteiger partial charge in [0, 0.05) is 24.2 Å². The molecule has 17 heavy (non-hydrogen) atoms. The first-order valence-corrected chi connectivity index (χ1v) is 7.81. The first kappa shape index (κ1) is 12.0. The van der Waals surface area contributed by atoms with Crippen LogP contribution in [0.1, 0.15) is 64.2 Å². The molecule has 1 N–H and O–H groups in total. The first-order chi connectivity index (χ1) is 8.33. The summed E-state index contributed by atoms with van der Waals surface area (Å²) in [5, 5.41) is 3.98. The van der Waals surface area contributed by atoms with Crippen LogP contribution >= 0.6 is 0 Å². The van der Waals surface area contributed by atoms with Gasteiger partial charge in [-0.15, -0.1) is 0 Å². The molecule has 2 unspecified atom stereocenters. The van der Waals surface area contributed by atoms with Gasteiger partial charge in [0.05, 0.1) is 0 Å². The van der Waals surface area contributed by atoms with Crippen molar-refractivity contribution in [3.8, 4) is 0 Å². The maximum absolute atomic E-state index is 3.98. The SMILES string of the molecule is CN1C2CCCC1CC(NC1CCCCC1)C2. The largest absolute Gasteiger partial charge is 0.311 e. The van der Waals surface area contributed by atoms with E-state index >= 15 is 0 Å². The molecule has 2 nitrogen and oxygen atoms in total. The molecule has 0 aromatic rings. The number of piperidine rings is 2. The second-order valence-corrected chi connectivity index (χ2v) is 6.57. The monoisotopic (exact) mass is 236 g/mol. The van der Waals surface area contributed by atoms with Gasteiger partial charge in [0.25, 0.3) is 0 Å². The minimum absolute atomic E-state index is 0.824. The average Bonchev–Trinajstić information content (AvgIpc) is 2.32. The predicted molar refractivity (Wildman–Crippen MR) is 72.2 cm³/mol. The van der Waals surface area contributed by atoms with Crippen LogP contribution in [0.5, 0.6) is 0 Å². The van der Waals surface area contributed by atoms with Crippen molar-refractivity contribution >= 4 is 0 Å². The van der Waals surface area contributed by atoms with E-state index in [9.17, 15) is 0 Å². The predicted octanol–water partition coefficient (Wildman–Crippen LogP) is 2.92. The third kappa shape index (κ3) is 2.68. The lowest BCUT2D eigenvalue weighted by Gasteiger charge is -2.48. The van der Waals surface area contributed by atoms with Crippen molar-refractivity contribution in [3.05, 3.63) is 0 Å². The number of nitrogens with one attached hydrogen (secondary N) is 1. The van der Waals surface area contributed by atoms with E-state index in [1.807, 2.05) is 0 Å². The van der Waals surface area contributed by atoms with Crippen LogP contribution in [0.25, 0.3) is 0 Å². The van der Waals surface area contributed by atoms with E-state index in [0.717, 1.165) is 24.2 Å². The molecule has 0 radical (unpaired) electrons. The lowest BCUT2D eigenvalue weighted by molar-refractivity contribution is 0.0444. The smallest absolute Gasteiger partial charge is 0.0110 e. The summed E-state index contributed by atoms with van der Waals surface area (Å²) in [5.41, 5.74) is 0. The molecule has 2 bridgehead atoms. The van der Waals surface area contributed by atoms with Crippen molar-refractivity contribution in [2.45, 2.75) is 88.4 Å². The van der Waals surface area contributed by atoms with Crippen LogP contribution in [0, 0.1) is 0 Å². The van der Waals surface area contributed by atoms with Gasteiger partial charge in [0.2, 0.25) is 0 Å².